The molecule has 3 nitrogen and oxygen atoms in total. The third-order valence-corrected chi connectivity index (χ3v) is 5.21. The van der Waals surface area contributed by atoms with Gasteiger partial charge in [-0.1, -0.05) is 6.42 Å². The molecule has 0 atom stereocenters. The molecule has 0 aliphatic carbocycles. The molecule has 118 valence electrons. The maximum atomic E-state index is 5.40. The molecule has 0 amide bonds. The zero-order chi connectivity index (χ0) is 15.5. The van der Waals surface area contributed by atoms with Gasteiger partial charge in [-0.2, -0.15) is 0 Å². The van der Waals surface area contributed by atoms with Crippen LogP contribution in [-0.4, -0.2) is 30.1 Å². The van der Waals surface area contributed by atoms with Gasteiger partial charge < -0.3 is 4.74 Å². The summed E-state index contributed by atoms with van der Waals surface area (Å²) in [5, 5.41) is 3.41. The maximum Gasteiger partial charge on any atom is 0.122 e. The van der Waals surface area contributed by atoms with Crippen LogP contribution in [0.25, 0.3) is 11.3 Å². The summed E-state index contributed by atoms with van der Waals surface area (Å²) in [5.74, 6) is 0.949. The first-order valence-corrected chi connectivity index (χ1v) is 8.87. The average Bonchev–Trinajstić information content (AvgIpc) is 2.98. The van der Waals surface area contributed by atoms with Crippen LogP contribution in [0, 0.1) is 13.8 Å². The van der Waals surface area contributed by atoms with Crippen LogP contribution in [0.1, 0.15) is 35.4 Å². The van der Waals surface area contributed by atoms with Gasteiger partial charge in [0.2, 0.25) is 0 Å². The van der Waals surface area contributed by atoms with E-state index in [1.807, 2.05) is 0 Å². The molecule has 0 radical (unpaired) electrons. The van der Waals surface area contributed by atoms with Crippen LogP contribution in [0.4, 0.5) is 0 Å². The van der Waals surface area contributed by atoms with Gasteiger partial charge in [-0.05, 0) is 63.0 Å². The molecule has 0 bridgehead atoms. The first kappa shape index (κ1) is 15.5. The number of ether oxygens (including phenoxy) is 1. The van der Waals surface area contributed by atoms with E-state index in [9.17, 15) is 0 Å². The van der Waals surface area contributed by atoms with E-state index in [0.717, 1.165) is 23.6 Å². The van der Waals surface area contributed by atoms with E-state index in [1.165, 1.54) is 48.5 Å². The van der Waals surface area contributed by atoms with Crippen molar-refractivity contribution in [2.24, 2.45) is 0 Å². The molecule has 2 aromatic rings. The van der Waals surface area contributed by atoms with Crippen LogP contribution in [-0.2, 0) is 6.54 Å². The Morgan fingerprint density at radius 1 is 1.14 bits per heavy atom. The Balaban J connectivity index is 1.79. The SMILES string of the molecule is COc1cc(C)c(-c2csc(CN3CCCCC3)n2)cc1C. The molecular weight excluding hydrogens is 292 g/mol. The number of methoxy groups -OCH3 is 1. The van der Waals surface area contributed by atoms with Crippen molar-refractivity contribution in [3.05, 3.63) is 33.6 Å². The van der Waals surface area contributed by atoms with Gasteiger partial charge in [0.1, 0.15) is 10.8 Å². The molecule has 1 aromatic carbocycles. The molecule has 0 saturated carbocycles. The molecular formula is C18H24N2OS. The monoisotopic (exact) mass is 316 g/mol. The highest BCUT2D eigenvalue weighted by atomic mass is 32.1. The second kappa shape index (κ2) is 6.80. The van der Waals surface area contributed by atoms with Crippen LogP contribution in [0.5, 0.6) is 5.75 Å². The number of benzene rings is 1. The molecule has 0 unspecified atom stereocenters. The molecule has 1 aliphatic rings. The number of aryl methyl sites for hydroxylation is 2. The smallest absolute Gasteiger partial charge is 0.122 e. The van der Waals surface area contributed by atoms with E-state index in [0.29, 0.717) is 0 Å². The first-order chi connectivity index (χ1) is 10.7. The Bertz CT molecular complexity index is 645. The molecule has 22 heavy (non-hydrogen) atoms. The van der Waals surface area contributed by atoms with E-state index in [1.54, 1.807) is 18.4 Å². The summed E-state index contributed by atoms with van der Waals surface area (Å²) in [6.45, 7) is 7.65. The Labute approximate surface area is 137 Å². The summed E-state index contributed by atoms with van der Waals surface area (Å²) in [6.07, 6.45) is 4.04. The average molecular weight is 316 g/mol. The number of piperidine rings is 1. The van der Waals surface area contributed by atoms with E-state index in [4.69, 9.17) is 9.72 Å². The van der Waals surface area contributed by atoms with Gasteiger partial charge in [0.05, 0.1) is 19.3 Å². The van der Waals surface area contributed by atoms with Crippen molar-refractivity contribution in [1.82, 2.24) is 9.88 Å². The van der Waals surface area contributed by atoms with Gasteiger partial charge >= 0.3 is 0 Å². The Hall–Kier alpha value is -1.39. The van der Waals surface area contributed by atoms with Crippen molar-refractivity contribution < 1.29 is 4.74 Å². The highest BCUT2D eigenvalue weighted by Gasteiger charge is 2.14. The van der Waals surface area contributed by atoms with Crippen LogP contribution in [0.3, 0.4) is 0 Å². The molecule has 1 aromatic heterocycles. The van der Waals surface area contributed by atoms with E-state index < -0.39 is 0 Å². The third kappa shape index (κ3) is 3.33. The Kier molecular flexibility index (Phi) is 4.79. The lowest BCUT2D eigenvalue weighted by molar-refractivity contribution is 0.220. The predicted octanol–water partition coefficient (Wildman–Crippen LogP) is 4.42. The van der Waals surface area contributed by atoms with Crippen LogP contribution >= 0.6 is 11.3 Å². The molecule has 4 heteroatoms. The molecule has 0 N–H and O–H groups in total. The fourth-order valence-corrected chi connectivity index (χ4v) is 3.94. The van der Waals surface area contributed by atoms with E-state index in [-0.39, 0.29) is 0 Å². The minimum atomic E-state index is 0.949. The summed E-state index contributed by atoms with van der Waals surface area (Å²) in [5.41, 5.74) is 4.70. The molecule has 1 saturated heterocycles. The lowest BCUT2D eigenvalue weighted by atomic mass is 10.0. The predicted molar refractivity (Wildman–Crippen MR) is 92.7 cm³/mol. The third-order valence-electron chi connectivity index (χ3n) is 4.38. The van der Waals surface area contributed by atoms with Crippen molar-refractivity contribution in [2.75, 3.05) is 20.2 Å². The highest BCUT2D eigenvalue weighted by Crippen LogP contribution is 2.31. The second-order valence-electron chi connectivity index (χ2n) is 6.10. The summed E-state index contributed by atoms with van der Waals surface area (Å²) in [7, 11) is 1.72. The minimum absolute atomic E-state index is 0.949. The number of aromatic nitrogens is 1. The highest BCUT2D eigenvalue weighted by molar-refractivity contribution is 7.09. The molecule has 1 fully saturated rings. The lowest BCUT2D eigenvalue weighted by Gasteiger charge is -2.25. The summed E-state index contributed by atoms with van der Waals surface area (Å²) in [6, 6.07) is 4.29. The van der Waals surface area contributed by atoms with Crippen LogP contribution in [0.2, 0.25) is 0 Å². The molecule has 1 aliphatic heterocycles. The van der Waals surface area contributed by atoms with Crippen molar-refractivity contribution >= 4 is 11.3 Å². The molecule has 0 spiro atoms. The Morgan fingerprint density at radius 3 is 2.64 bits per heavy atom. The quantitative estimate of drug-likeness (QED) is 0.835. The minimum Gasteiger partial charge on any atom is -0.496 e. The number of nitrogens with zero attached hydrogens (tertiary/aromatic N) is 2. The van der Waals surface area contributed by atoms with Crippen LogP contribution in [0.15, 0.2) is 17.5 Å². The molecule has 2 heterocycles. The standard InChI is InChI=1S/C18H24N2OS/c1-13-10-17(21-3)14(2)9-15(13)16-12-22-18(19-16)11-20-7-5-4-6-8-20/h9-10,12H,4-8,11H2,1-3H3. The fourth-order valence-electron chi connectivity index (χ4n) is 3.10. The zero-order valence-electron chi connectivity index (χ0n) is 13.7. The van der Waals surface area contributed by atoms with Crippen molar-refractivity contribution in [1.29, 1.82) is 0 Å². The van der Waals surface area contributed by atoms with Crippen LogP contribution < -0.4 is 4.74 Å². The molecule has 3 rings (SSSR count). The number of hydrogen-bond acceptors (Lipinski definition) is 4. The van der Waals surface area contributed by atoms with Crippen molar-refractivity contribution in [2.45, 2.75) is 39.7 Å². The van der Waals surface area contributed by atoms with Gasteiger partial charge in [-0.15, -0.1) is 11.3 Å². The van der Waals surface area contributed by atoms with Crippen molar-refractivity contribution in [3.8, 4) is 17.0 Å². The number of thiazole rings is 1. The van der Waals surface area contributed by atoms with Gasteiger partial charge in [0.25, 0.3) is 0 Å². The number of likely N-dealkylation sites (tertiary alicyclic amines) is 1. The largest absolute Gasteiger partial charge is 0.496 e. The first-order valence-electron chi connectivity index (χ1n) is 8.00. The number of hydrogen-bond donors (Lipinski definition) is 0. The summed E-state index contributed by atoms with van der Waals surface area (Å²) in [4.78, 5) is 7.39. The van der Waals surface area contributed by atoms with E-state index >= 15 is 0 Å². The lowest BCUT2D eigenvalue weighted by Crippen LogP contribution is -2.28. The second-order valence-corrected chi connectivity index (χ2v) is 7.04. The van der Waals surface area contributed by atoms with Crippen molar-refractivity contribution in [3.63, 3.8) is 0 Å². The maximum absolute atomic E-state index is 5.40. The van der Waals surface area contributed by atoms with Gasteiger partial charge in [0, 0.05) is 10.9 Å². The topological polar surface area (TPSA) is 25.4 Å². The van der Waals surface area contributed by atoms with Gasteiger partial charge in [-0.25, -0.2) is 4.98 Å². The zero-order valence-corrected chi connectivity index (χ0v) is 14.5. The number of rotatable bonds is 4. The van der Waals surface area contributed by atoms with E-state index in [2.05, 4.69) is 36.3 Å². The summed E-state index contributed by atoms with van der Waals surface area (Å²) >= 11 is 1.78. The normalized spacial score (nSPS) is 16.0. The summed E-state index contributed by atoms with van der Waals surface area (Å²) < 4.78 is 5.40. The fraction of sp³-hybridized carbons (Fsp3) is 0.500. The Morgan fingerprint density at radius 2 is 1.91 bits per heavy atom. The van der Waals surface area contributed by atoms with Gasteiger partial charge in [-0.3, -0.25) is 4.90 Å². The van der Waals surface area contributed by atoms with Gasteiger partial charge in [0.15, 0.2) is 0 Å².